The molecular weight excluding hydrogens is 544 g/mol. The van der Waals surface area contributed by atoms with Crippen LogP contribution in [0, 0.1) is 0 Å². The molecule has 0 aliphatic carbocycles. The Bertz CT molecular complexity index is 2440. The SMILES string of the molecule is c1ccc(-c2nc(-c3ccccc3)nc(-c3cccc(-n4c5ccccc5c5ccc6oc7nnccc7c6c54)c3)n2)cc1. The Morgan fingerprint density at radius 1 is 0.523 bits per heavy atom. The van der Waals surface area contributed by atoms with Crippen molar-refractivity contribution in [1.29, 1.82) is 0 Å². The molecule has 9 rings (SSSR count). The van der Waals surface area contributed by atoms with Crippen molar-refractivity contribution in [3.8, 4) is 39.9 Å². The summed E-state index contributed by atoms with van der Waals surface area (Å²) in [5.41, 5.74) is 7.18. The standard InChI is InChI=1S/C37H22N6O/c1-3-10-23(11-4-1)34-39-35(24-12-5-2-6-13-24)41-36(40-34)25-14-9-15-26(22-25)43-30-17-8-7-16-27(30)28-18-19-31-32(33(28)43)29-20-21-38-42-37(29)44-31/h1-22H. The largest absolute Gasteiger partial charge is 0.436 e. The molecule has 0 N–H and O–H groups in total. The molecule has 0 saturated heterocycles. The van der Waals surface area contributed by atoms with Gasteiger partial charge in [-0.2, -0.15) is 5.10 Å². The second-order valence-corrected chi connectivity index (χ2v) is 10.6. The predicted octanol–water partition coefficient (Wildman–Crippen LogP) is 8.66. The maximum atomic E-state index is 6.14. The second kappa shape index (κ2) is 9.68. The summed E-state index contributed by atoms with van der Waals surface area (Å²) in [6, 6.07) is 43.0. The molecule has 0 unspecified atom stereocenters. The zero-order valence-corrected chi connectivity index (χ0v) is 23.3. The summed E-state index contributed by atoms with van der Waals surface area (Å²) >= 11 is 0. The van der Waals surface area contributed by atoms with Gasteiger partial charge in [-0.25, -0.2) is 15.0 Å². The molecule has 0 amide bonds. The summed E-state index contributed by atoms with van der Waals surface area (Å²) in [5, 5.41) is 12.5. The molecule has 5 aromatic carbocycles. The summed E-state index contributed by atoms with van der Waals surface area (Å²) < 4.78 is 8.43. The third-order valence-electron chi connectivity index (χ3n) is 8.02. The fourth-order valence-electron chi connectivity index (χ4n) is 6.06. The Morgan fingerprint density at radius 2 is 1.18 bits per heavy atom. The molecule has 7 heteroatoms. The van der Waals surface area contributed by atoms with Crippen LogP contribution in [0.1, 0.15) is 0 Å². The van der Waals surface area contributed by atoms with E-state index < -0.39 is 0 Å². The number of para-hydroxylation sites is 1. The Hall–Kier alpha value is -6.21. The Kier molecular flexibility index (Phi) is 5.36. The van der Waals surface area contributed by atoms with Crippen molar-refractivity contribution in [2.75, 3.05) is 0 Å². The van der Waals surface area contributed by atoms with Gasteiger partial charge in [-0.05, 0) is 36.4 Å². The first-order valence-corrected chi connectivity index (χ1v) is 14.4. The molecule has 206 valence electrons. The maximum absolute atomic E-state index is 6.14. The highest BCUT2D eigenvalue weighted by molar-refractivity contribution is 6.24. The van der Waals surface area contributed by atoms with E-state index in [4.69, 9.17) is 19.4 Å². The molecule has 0 radical (unpaired) electrons. The molecule has 0 aliphatic rings. The van der Waals surface area contributed by atoms with Crippen molar-refractivity contribution >= 4 is 43.9 Å². The van der Waals surface area contributed by atoms with Crippen molar-refractivity contribution in [3.05, 3.63) is 134 Å². The monoisotopic (exact) mass is 566 g/mol. The van der Waals surface area contributed by atoms with E-state index in [1.165, 1.54) is 0 Å². The zero-order valence-electron chi connectivity index (χ0n) is 23.3. The first kappa shape index (κ1) is 24.4. The van der Waals surface area contributed by atoms with Gasteiger partial charge in [0.15, 0.2) is 17.5 Å². The molecule has 0 bridgehead atoms. The van der Waals surface area contributed by atoms with Crippen LogP contribution in [-0.2, 0) is 0 Å². The number of nitrogens with zero attached hydrogens (tertiary/aromatic N) is 6. The van der Waals surface area contributed by atoms with Crippen LogP contribution in [-0.4, -0.2) is 29.7 Å². The number of hydrogen-bond donors (Lipinski definition) is 0. The van der Waals surface area contributed by atoms with Crippen LogP contribution >= 0.6 is 0 Å². The van der Waals surface area contributed by atoms with Crippen LogP contribution in [0.5, 0.6) is 0 Å². The van der Waals surface area contributed by atoms with Crippen molar-refractivity contribution in [2.45, 2.75) is 0 Å². The number of aromatic nitrogens is 6. The van der Waals surface area contributed by atoms with Gasteiger partial charge in [0.05, 0.1) is 28.0 Å². The number of furan rings is 1. The van der Waals surface area contributed by atoms with Crippen molar-refractivity contribution in [1.82, 2.24) is 29.7 Å². The van der Waals surface area contributed by atoms with Gasteiger partial charge in [-0.3, -0.25) is 0 Å². The lowest BCUT2D eigenvalue weighted by molar-refractivity contribution is 0.646. The molecule has 9 aromatic rings. The first-order chi connectivity index (χ1) is 21.8. The average molecular weight is 567 g/mol. The van der Waals surface area contributed by atoms with E-state index in [1.807, 2.05) is 72.8 Å². The molecule has 0 atom stereocenters. The van der Waals surface area contributed by atoms with Crippen LogP contribution in [0.4, 0.5) is 0 Å². The first-order valence-electron chi connectivity index (χ1n) is 14.4. The summed E-state index contributed by atoms with van der Waals surface area (Å²) in [6.45, 7) is 0. The van der Waals surface area contributed by atoms with Crippen LogP contribution in [0.25, 0.3) is 83.7 Å². The van der Waals surface area contributed by atoms with E-state index in [0.29, 0.717) is 23.2 Å². The van der Waals surface area contributed by atoms with Gasteiger partial charge in [-0.1, -0.05) is 91.0 Å². The number of benzene rings is 5. The Balaban J connectivity index is 1.31. The molecule has 0 spiro atoms. The summed E-state index contributed by atoms with van der Waals surface area (Å²) in [5.74, 6) is 1.86. The molecule has 7 nitrogen and oxygen atoms in total. The molecule has 4 aromatic heterocycles. The third-order valence-corrected chi connectivity index (χ3v) is 8.02. The topological polar surface area (TPSA) is 82.5 Å². The van der Waals surface area contributed by atoms with E-state index in [1.54, 1.807) is 6.20 Å². The van der Waals surface area contributed by atoms with Gasteiger partial charge in [0.2, 0.25) is 5.71 Å². The van der Waals surface area contributed by atoms with Crippen molar-refractivity contribution < 1.29 is 4.42 Å². The molecule has 44 heavy (non-hydrogen) atoms. The van der Waals surface area contributed by atoms with Crippen LogP contribution in [0.15, 0.2) is 138 Å². The van der Waals surface area contributed by atoms with Crippen molar-refractivity contribution in [2.24, 2.45) is 0 Å². The van der Waals surface area contributed by atoms with Gasteiger partial charge in [0, 0.05) is 33.2 Å². The summed E-state index contributed by atoms with van der Waals surface area (Å²) in [6.07, 6.45) is 1.71. The maximum Gasteiger partial charge on any atom is 0.247 e. The smallest absolute Gasteiger partial charge is 0.247 e. The minimum absolute atomic E-state index is 0.521. The van der Waals surface area contributed by atoms with Gasteiger partial charge in [0.25, 0.3) is 0 Å². The summed E-state index contributed by atoms with van der Waals surface area (Å²) in [7, 11) is 0. The van der Waals surface area contributed by atoms with E-state index in [9.17, 15) is 0 Å². The molecule has 4 heterocycles. The van der Waals surface area contributed by atoms with Crippen LogP contribution in [0.3, 0.4) is 0 Å². The van der Waals surface area contributed by atoms with Gasteiger partial charge >= 0.3 is 0 Å². The van der Waals surface area contributed by atoms with E-state index in [-0.39, 0.29) is 0 Å². The van der Waals surface area contributed by atoms with Crippen LogP contribution < -0.4 is 0 Å². The number of hydrogen-bond acceptors (Lipinski definition) is 6. The lowest BCUT2D eigenvalue weighted by Crippen LogP contribution is -2.01. The minimum Gasteiger partial charge on any atom is -0.436 e. The fourth-order valence-corrected chi connectivity index (χ4v) is 6.06. The second-order valence-electron chi connectivity index (χ2n) is 10.6. The summed E-state index contributed by atoms with van der Waals surface area (Å²) in [4.78, 5) is 14.8. The molecule has 0 fully saturated rings. The lowest BCUT2D eigenvalue weighted by Gasteiger charge is -2.12. The van der Waals surface area contributed by atoms with Crippen molar-refractivity contribution in [3.63, 3.8) is 0 Å². The number of rotatable bonds is 4. The molecule has 0 saturated carbocycles. The third kappa shape index (κ3) is 3.80. The molecule has 0 aliphatic heterocycles. The normalized spacial score (nSPS) is 11.6. The van der Waals surface area contributed by atoms with Gasteiger partial charge in [0.1, 0.15) is 5.58 Å². The predicted molar refractivity (Wildman–Crippen MR) is 173 cm³/mol. The zero-order chi connectivity index (χ0) is 29.0. The molecular formula is C37H22N6O. The Morgan fingerprint density at radius 3 is 1.93 bits per heavy atom. The minimum atomic E-state index is 0.521. The average Bonchev–Trinajstić information content (AvgIpc) is 3.65. The Labute approximate surface area is 251 Å². The fraction of sp³-hybridized carbons (Fsp3) is 0. The number of fused-ring (bicyclic) bond motifs is 7. The van der Waals surface area contributed by atoms with E-state index in [0.717, 1.165) is 60.5 Å². The quantitative estimate of drug-likeness (QED) is 0.212. The highest BCUT2D eigenvalue weighted by Crippen LogP contribution is 2.40. The van der Waals surface area contributed by atoms with E-state index in [2.05, 4.69) is 69.4 Å². The van der Waals surface area contributed by atoms with Gasteiger partial charge in [-0.15, -0.1) is 5.10 Å². The highest BCUT2D eigenvalue weighted by atomic mass is 16.3. The van der Waals surface area contributed by atoms with Gasteiger partial charge < -0.3 is 8.98 Å². The van der Waals surface area contributed by atoms with E-state index >= 15 is 0 Å². The highest BCUT2D eigenvalue weighted by Gasteiger charge is 2.20. The van der Waals surface area contributed by atoms with Crippen LogP contribution in [0.2, 0.25) is 0 Å². The lowest BCUT2D eigenvalue weighted by atomic mass is 10.1.